The van der Waals surface area contributed by atoms with E-state index in [-0.39, 0.29) is 0 Å². The summed E-state index contributed by atoms with van der Waals surface area (Å²) < 4.78 is 0. The van der Waals surface area contributed by atoms with E-state index in [1.807, 2.05) is 6.08 Å². The number of hydrogen-bond acceptors (Lipinski definition) is 0. The van der Waals surface area contributed by atoms with Crippen molar-refractivity contribution < 1.29 is 0 Å². The second-order valence-electron chi connectivity index (χ2n) is 3.99. The average molecular weight is 166 g/mol. The lowest BCUT2D eigenvalue weighted by atomic mass is 9.92. The SMILES string of the molecule is C=CCC(C)C(C)C=CC(C)C. The third-order valence-electron chi connectivity index (χ3n) is 2.24. The zero-order chi connectivity index (χ0) is 9.56. The molecule has 2 unspecified atom stereocenters. The van der Waals surface area contributed by atoms with Crippen LogP contribution in [0.2, 0.25) is 0 Å². The van der Waals surface area contributed by atoms with E-state index in [1.165, 1.54) is 0 Å². The maximum atomic E-state index is 3.75. The molecule has 2 atom stereocenters. The molecule has 0 heteroatoms. The second-order valence-corrected chi connectivity index (χ2v) is 3.99. The van der Waals surface area contributed by atoms with E-state index in [9.17, 15) is 0 Å². The van der Waals surface area contributed by atoms with Gasteiger partial charge in [-0.2, -0.15) is 0 Å². The van der Waals surface area contributed by atoms with E-state index in [0.29, 0.717) is 11.8 Å². The van der Waals surface area contributed by atoms with Gasteiger partial charge in [-0.3, -0.25) is 0 Å². The highest BCUT2D eigenvalue weighted by Gasteiger charge is 2.06. The molecular weight excluding hydrogens is 144 g/mol. The van der Waals surface area contributed by atoms with Gasteiger partial charge in [-0.15, -0.1) is 6.58 Å². The Balaban J connectivity index is 3.84. The van der Waals surface area contributed by atoms with Crippen molar-refractivity contribution in [1.82, 2.24) is 0 Å². The third kappa shape index (κ3) is 5.17. The van der Waals surface area contributed by atoms with Gasteiger partial charge in [0.15, 0.2) is 0 Å². The summed E-state index contributed by atoms with van der Waals surface area (Å²) in [6.45, 7) is 12.7. The van der Waals surface area contributed by atoms with Crippen LogP contribution in [0.15, 0.2) is 24.8 Å². The minimum Gasteiger partial charge on any atom is -0.103 e. The maximum Gasteiger partial charge on any atom is -0.0233 e. The largest absolute Gasteiger partial charge is 0.103 e. The van der Waals surface area contributed by atoms with Crippen LogP contribution < -0.4 is 0 Å². The quantitative estimate of drug-likeness (QED) is 0.541. The minimum absolute atomic E-state index is 0.670. The highest BCUT2D eigenvalue weighted by atomic mass is 14.1. The van der Waals surface area contributed by atoms with Crippen molar-refractivity contribution in [1.29, 1.82) is 0 Å². The van der Waals surface area contributed by atoms with Crippen molar-refractivity contribution in [3.63, 3.8) is 0 Å². The summed E-state index contributed by atoms with van der Waals surface area (Å²) in [7, 11) is 0. The molecule has 0 spiro atoms. The predicted octanol–water partition coefficient (Wildman–Crippen LogP) is 4.05. The first-order valence-corrected chi connectivity index (χ1v) is 4.87. The van der Waals surface area contributed by atoms with Gasteiger partial charge in [-0.05, 0) is 24.2 Å². The van der Waals surface area contributed by atoms with Gasteiger partial charge in [0, 0.05) is 0 Å². The average Bonchev–Trinajstić information content (AvgIpc) is 2.00. The smallest absolute Gasteiger partial charge is 0.0233 e. The summed E-state index contributed by atoms with van der Waals surface area (Å²) in [6.07, 6.45) is 7.72. The summed E-state index contributed by atoms with van der Waals surface area (Å²) in [5.41, 5.74) is 0. The Morgan fingerprint density at radius 1 is 1.08 bits per heavy atom. The monoisotopic (exact) mass is 166 g/mol. The lowest BCUT2D eigenvalue weighted by Crippen LogP contribution is -2.03. The summed E-state index contributed by atoms with van der Waals surface area (Å²) in [6, 6.07) is 0. The fourth-order valence-corrected chi connectivity index (χ4v) is 1.06. The van der Waals surface area contributed by atoms with E-state index < -0.39 is 0 Å². The zero-order valence-electron chi connectivity index (χ0n) is 8.88. The van der Waals surface area contributed by atoms with Crippen LogP contribution in [0.5, 0.6) is 0 Å². The van der Waals surface area contributed by atoms with Gasteiger partial charge in [-0.25, -0.2) is 0 Å². The van der Waals surface area contributed by atoms with Gasteiger partial charge in [0.2, 0.25) is 0 Å². The molecule has 0 aliphatic rings. The van der Waals surface area contributed by atoms with Crippen LogP contribution >= 0.6 is 0 Å². The molecule has 0 heterocycles. The maximum absolute atomic E-state index is 3.75. The van der Waals surface area contributed by atoms with Crippen molar-refractivity contribution in [2.75, 3.05) is 0 Å². The first-order chi connectivity index (χ1) is 5.57. The van der Waals surface area contributed by atoms with Crippen LogP contribution in [-0.2, 0) is 0 Å². The Morgan fingerprint density at radius 2 is 1.67 bits per heavy atom. The van der Waals surface area contributed by atoms with Gasteiger partial charge in [-0.1, -0.05) is 45.9 Å². The normalized spacial score (nSPS) is 16.8. The Labute approximate surface area is 77.4 Å². The molecule has 0 aliphatic heterocycles. The molecule has 0 aromatic carbocycles. The zero-order valence-corrected chi connectivity index (χ0v) is 8.88. The molecule has 0 saturated carbocycles. The van der Waals surface area contributed by atoms with E-state index in [1.54, 1.807) is 0 Å². The van der Waals surface area contributed by atoms with Gasteiger partial charge < -0.3 is 0 Å². The predicted molar refractivity (Wildman–Crippen MR) is 57.1 cm³/mol. The number of hydrogen-bond donors (Lipinski definition) is 0. The Hall–Kier alpha value is -0.520. The van der Waals surface area contributed by atoms with Gasteiger partial charge >= 0.3 is 0 Å². The molecule has 0 nitrogen and oxygen atoms in total. The highest BCUT2D eigenvalue weighted by Crippen LogP contribution is 2.17. The molecule has 0 aliphatic carbocycles. The minimum atomic E-state index is 0.670. The highest BCUT2D eigenvalue weighted by molar-refractivity contribution is 4.91. The first kappa shape index (κ1) is 11.5. The van der Waals surface area contributed by atoms with Crippen molar-refractivity contribution in [3.8, 4) is 0 Å². The number of rotatable bonds is 5. The third-order valence-corrected chi connectivity index (χ3v) is 2.24. The summed E-state index contributed by atoms with van der Waals surface area (Å²) in [5, 5.41) is 0. The van der Waals surface area contributed by atoms with Crippen molar-refractivity contribution in [2.24, 2.45) is 17.8 Å². The number of allylic oxidation sites excluding steroid dienone is 3. The Morgan fingerprint density at radius 3 is 2.08 bits per heavy atom. The summed E-state index contributed by atoms with van der Waals surface area (Å²) >= 11 is 0. The van der Waals surface area contributed by atoms with Gasteiger partial charge in [0.1, 0.15) is 0 Å². The molecule has 0 fully saturated rings. The van der Waals surface area contributed by atoms with Gasteiger partial charge in [0.05, 0.1) is 0 Å². The van der Waals surface area contributed by atoms with E-state index in [4.69, 9.17) is 0 Å². The molecule has 0 N–H and O–H groups in total. The lowest BCUT2D eigenvalue weighted by molar-refractivity contribution is 0.464. The molecule has 12 heavy (non-hydrogen) atoms. The van der Waals surface area contributed by atoms with Crippen LogP contribution in [0.25, 0.3) is 0 Å². The van der Waals surface area contributed by atoms with E-state index in [2.05, 4.69) is 46.4 Å². The van der Waals surface area contributed by atoms with E-state index in [0.717, 1.165) is 12.3 Å². The standard InChI is InChI=1S/C12H22/c1-6-7-11(4)12(5)9-8-10(2)3/h6,8-12H,1,7H2,2-5H3. The van der Waals surface area contributed by atoms with Crippen LogP contribution in [0.3, 0.4) is 0 Å². The van der Waals surface area contributed by atoms with Crippen LogP contribution in [0.1, 0.15) is 34.1 Å². The molecular formula is C12H22. The lowest BCUT2D eigenvalue weighted by Gasteiger charge is -2.14. The van der Waals surface area contributed by atoms with E-state index >= 15 is 0 Å². The van der Waals surface area contributed by atoms with Crippen molar-refractivity contribution in [3.05, 3.63) is 24.8 Å². The summed E-state index contributed by atoms with van der Waals surface area (Å²) in [5.74, 6) is 2.06. The summed E-state index contributed by atoms with van der Waals surface area (Å²) in [4.78, 5) is 0. The van der Waals surface area contributed by atoms with Crippen molar-refractivity contribution >= 4 is 0 Å². The molecule has 0 amide bonds. The fourth-order valence-electron chi connectivity index (χ4n) is 1.06. The molecule has 0 aromatic rings. The second kappa shape index (κ2) is 6.05. The Bertz CT molecular complexity index is 142. The van der Waals surface area contributed by atoms with Crippen LogP contribution in [0, 0.1) is 17.8 Å². The fraction of sp³-hybridized carbons (Fsp3) is 0.667. The molecule has 0 rings (SSSR count). The van der Waals surface area contributed by atoms with Gasteiger partial charge in [0.25, 0.3) is 0 Å². The van der Waals surface area contributed by atoms with Crippen molar-refractivity contribution in [2.45, 2.75) is 34.1 Å². The molecule has 0 bridgehead atoms. The van der Waals surface area contributed by atoms with Crippen LogP contribution in [0.4, 0.5) is 0 Å². The molecule has 0 aromatic heterocycles. The Kier molecular flexibility index (Phi) is 5.79. The molecule has 0 radical (unpaired) electrons. The topological polar surface area (TPSA) is 0 Å². The molecule has 70 valence electrons. The molecule has 0 saturated heterocycles. The first-order valence-electron chi connectivity index (χ1n) is 4.87. The van der Waals surface area contributed by atoms with Crippen LogP contribution in [-0.4, -0.2) is 0 Å².